The van der Waals surface area contributed by atoms with E-state index in [1.807, 2.05) is 4.90 Å². The Balaban J connectivity index is 1.89. The molecule has 0 aliphatic carbocycles. The fraction of sp³-hybridized carbons (Fsp3) is 0.462. The van der Waals surface area contributed by atoms with Gasteiger partial charge in [-0.05, 0) is 24.3 Å². The monoisotopic (exact) mass is 315 g/mol. The quantitative estimate of drug-likeness (QED) is 0.782. The maximum absolute atomic E-state index is 12.8. The van der Waals surface area contributed by atoms with E-state index in [-0.39, 0.29) is 18.1 Å². The van der Waals surface area contributed by atoms with Crippen molar-refractivity contribution in [2.24, 2.45) is 0 Å². The zero-order chi connectivity index (χ0) is 15.5. The molecule has 0 radical (unpaired) electrons. The molecule has 116 valence electrons. The van der Waals surface area contributed by atoms with Crippen LogP contribution in [0.4, 0.5) is 4.39 Å². The van der Waals surface area contributed by atoms with Gasteiger partial charge in [0.15, 0.2) is 5.78 Å². The number of rotatable bonds is 5. The fourth-order valence-corrected chi connectivity index (χ4v) is 3.09. The zero-order valence-corrected chi connectivity index (χ0v) is 12.6. The summed E-state index contributed by atoms with van der Waals surface area (Å²) < 4.78 is 39.7. The summed E-state index contributed by atoms with van der Waals surface area (Å²) in [5, 5.41) is 0. The summed E-state index contributed by atoms with van der Waals surface area (Å²) in [4.78, 5) is 13.9. The largest absolute Gasteiger partial charge is 0.293 e. The smallest absolute Gasteiger partial charge is 0.279 e. The number of hydrogen-bond acceptors (Lipinski definition) is 4. The Morgan fingerprint density at radius 2 is 1.76 bits per heavy atom. The van der Waals surface area contributed by atoms with Crippen LogP contribution in [-0.2, 0) is 10.2 Å². The Bertz CT molecular complexity index is 596. The SMILES string of the molecule is CNS(=O)(=O)N1CCN(CC(=O)c2ccc(F)cc2)CC1. The summed E-state index contributed by atoms with van der Waals surface area (Å²) in [5.41, 5.74) is 0.460. The van der Waals surface area contributed by atoms with Crippen molar-refractivity contribution in [2.45, 2.75) is 0 Å². The van der Waals surface area contributed by atoms with Crippen LogP contribution in [0, 0.1) is 5.82 Å². The maximum atomic E-state index is 12.8. The number of ketones is 1. The number of Topliss-reactive ketones (excluding diaryl/α,β-unsaturated/α-hetero) is 1. The number of nitrogens with zero attached hydrogens (tertiary/aromatic N) is 2. The van der Waals surface area contributed by atoms with E-state index < -0.39 is 10.2 Å². The molecular formula is C13H18FN3O3S. The van der Waals surface area contributed by atoms with Gasteiger partial charge >= 0.3 is 0 Å². The lowest BCUT2D eigenvalue weighted by Crippen LogP contribution is -2.52. The number of piperazine rings is 1. The van der Waals surface area contributed by atoms with Crippen LogP contribution in [-0.4, -0.2) is 63.2 Å². The Morgan fingerprint density at radius 3 is 2.29 bits per heavy atom. The molecule has 6 nitrogen and oxygen atoms in total. The van der Waals surface area contributed by atoms with Gasteiger partial charge in [0.1, 0.15) is 5.82 Å². The van der Waals surface area contributed by atoms with Crippen LogP contribution in [0.5, 0.6) is 0 Å². The topological polar surface area (TPSA) is 69.7 Å². The molecule has 1 saturated heterocycles. The molecule has 1 aromatic rings. The maximum Gasteiger partial charge on any atom is 0.279 e. The molecule has 1 N–H and O–H groups in total. The standard InChI is InChI=1S/C13H18FN3O3S/c1-15-21(19,20)17-8-6-16(7-9-17)10-13(18)11-2-4-12(14)5-3-11/h2-5,15H,6-10H2,1H3. The van der Waals surface area contributed by atoms with Gasteiger partial charge in [0.05, 0.1) is 6.54 Å². The first kappa shape index (κ1) is 16.0. The van der Waals surface area contributed by atoms with Crippen LogP contribution in [0.15, 0.2) is 24.3 Å². The molecule has 0 spiro atoms. The minimum Gasteiger partial charge on any atom is -0.293 e. The Hall–Kier alpha value is -1.35. The molecule has 0 aromatic heterocycles. The minimum atomic E-state index is -3.40. The summed E-state index contributed by atoms with van der Waals surface area (Å²) in [7, 11) is -2.03. The molecule has 1 aromatic carbocycles. The first-order valence-corrected chi connectivity index (χ1v) is 8.06. The molecule has 0 bridgehead atoms. The predicted octanol–water partition coefficient (Wildman–Crippen LogP) is 0.0902. The molecular weight excluding hydrogens is 297 g/mol. The first-order valence-electron chi connectivity index (χ1n) is 6.62. The van der Waals surface area contributed by atoms with E-state index in [2.05, 4.69) is 4.72 Å². The molecule has 1 heterocycles. The summed E-state index contributed by atoms with van der Waals surface area (Å²) in [6.45, 7) is 1.89. The Kier molecular flexibility index (Phi) is 5.04. The van der Waals surface area contributed by atoms with Crippen molar-refractivity contribution in [3.63, 3.8) is 0 Å². The number of benzene rings is 1. The molecule has 21 heavy (non-hydrogen) atoms. The van der Waals surface area contributed by atoms with Crippen LogP contribution in [0.3, 0.4) is 0 Å². The highest BCUT2D eigenvalue weighted by molar-refractivity contribution is 7.87. The lowest BCUT2D eigenvalue weighted by Gasteiger charge is -2.33. The molecule has 1 aliphatic heterocycles. The third kappa shape index (κ3) is 4.07. The van der Waals surface area contributed by atoms with E-state index in [0.29, 0.717) is 31.7 Å². The second kappa shape index (κ2) is 6.61. The third-order valence-electron chi connectivity index (χ3n) is 3.46. The lowest BCUT2D eigenvalue weighted by molar-refractivity contribution is 0.0901. The first-order chi connectivity index (χ1) is 9.92. The molecule has 1 aliphatic rings. The summed E-state index contributed by atoms with van der Waals surface area (Å²) in [6, 6.07) is 5.42. The predicted molar refractivity (Wildman–Crippen MR) is 76.7 cm³/mol. The fourth-order valence-electron chi connectivity index (χ4n) is 2.19. The van der Waals surface area contributed by atoms with Crippen LogP contribution >= 0.6 is 0 Å². The third-order valence-corrected chi connectivity index (χ3v) is 5.02. The average Bonchev–Trinajstić information content (AvgIpc) is 2.48. The summed E-state index contributed by atoms with van der Waals surface area (Å²) >= 11 is 0. The van der Waals surface area contributed by atoms with Gasteiger partial charge in [-0.1, -0.05) is 0 Å². The van der Waals surface area contributed by atoms with Crippen LogP contribution in [0.25, 0.3) is 0 Å². The van der Waals surface area contributed by atoms with Crippen molar-refractivity contribution in [2.75, 3.05) is 39.8 Å². The van der Waals surface area contributed by atoms with Crippen molar-refractivity contribution in [1.29, 1.82) is 0 Å². The van der Waals surface area contributed by atoms with E-state index in [0.717, 1.165) is 0 Å². The van der Waals surface area contributed by atoms with E-state index in [1.54, 1.807) is 0 Å². The summed E-state index contributed by atoms with van der Waals surface area (Å²) in [5.74, 6) is -0.475. The van der Waals surface area contributed by atoms with Gasteiger partial charge in [0.2, 0.25) is 0 Å². The number of halogens is 1. The molecule has 2 rings (SSSR count). The molecule has 1 fully saturated rings. The van der Waals surface area contributed by atoms with E-state index in [9.17, 15) is 17.6 Å². The van der Waals surface area contributed by atoms with E-state index >= 15 is 0 Å². The van der Waals surface area contributed by atoms with Crippen LogP contribution < -0.4 is 4.72 Å². The van der Waals surface area contributed by atoms with Gasteiger partial charge < -0.3 is 0 Å². The van der Waals surface area contributed by atoms with E-state index in [1.165, 1.54) is 35.6 Å². The molecule has 0 amide bonds. The van der Waals surface area contributed by atoms with Crippen molar-refractivity contribution >= 4 is 16.0 Å². The molecule has 0 saturated carbocycles. The minimum absolute atomic E-state index is 0.0973. The lowest BCUT2D eigenvalue weighted by atomic mass is 10.1. The number of carbonyl (C=O) groups excluding carboxylic acids is 1. The molecule has 0 atom stereocenters. The highest BCUT2D eigenvalue weighted by atomic mass is 32.2. The van der Waals surface area contributed by atoms with Crippen LogP contribution in [0.1, 0.15) is 10.4 Å². The average molecular weight is 315 g/mol. The van der Waals surface area contributed by atoms with Gasteiger partial charge in [0, 0.05) is 38.8 Å². The number of hydrogen-bond donors (Lipinski definition) is 1. The van der Waals surface area contributed by atoms with Crippen molar-refractivity contribution in [1.82, 2.24) is 13.9 Å². The normalized spacial score (nSPS) is 17.8. The Labute approximate surface area is 123 Å². The van der Waals surface area contributed by atoms with E-state index in [4.69, 9.17) is 0 Å². The van der Waals surface area contributed by atoms with Crippen molar-refractivity contribution in [3.8, 4) is 0 Å². The number of carbonyl (C=O) groups is 1. The van der Waals surface area contributed by atoms with Crippen molar-refractivity contribution in [3.05, 3.63) is 35.6 Å². The number of nitrogens with one attached hydrogen (secondary N) is 1. The highest BCUT2D eigenvalue weighted by Crippen LogP contribution is 2.09. The van der Waals surface area contributed by atoms with Gasteiger partial charge in [0.25, 0.3) is 10.2 Å². The van der Waals surface area contributed by atoms with Crippen LogP contribution in [0.2, 0.25) is 0 Å². The summed E-state index contributed by atoms with van der Waals surface area (Å²) in [6.07, 6.45) is 0. The van der Waals surface area contributed by atoms with Gasteiger partial charge in [-0.2, -0.15) is 12.7 Å². The zero-order valence-electron chi connectivity index (χ0n) is 11.8. The van der Waals surface area contributed by atoms with Gasteiger partial charge in [-0.15, -0.1) is 0 Å². The second-order valence-corrected chi connectivity index (χ2v) is 6.69. The Morgan fingerprint density at radius 1 is 1.19 bits per heavy atom. The van der Waals surface area contributed by atoms with Crippen molar-refractivity contribution < 1.29 is 17.6 Å². The molecule has 8 heteroatoms. The molecule has 0 unspecified atom stereocenters. The second-order valence-electron chi connectivity index (χ2n) is 4.81. The van der Waals surface area contributed by atoms with Gasteiger partial charge in [-0.25, -0.2) is 9.11 Å². The van der Waals surface area contributed by atoms with Gasteiger partial charge in [-0.3, -0.25) is 9.69 Å². The highest BCUT2D eigenvalue weighted by Gasteiger charge is 2.26.